The number of carbonyl (C=O) groups excluding carboxylic acids is 1. The molecule has 12 unspecified atom stereocenters. The summed E-state index contributed by atoms with van der Waals surface area (Å²) in [6, 6.07) is -0.834. The zero-order valence-electron chi connectivity index (χ0n) is 39.0. The fraction of sp³-hybridized carbons (Fsp3) is 0.780. The SMILES string of the molecule is CC/C=C\C/C=C\C/C=C\C/C=C\C/C=C\CCCCCCCCCC(=O)NC(COC1OC(CO)C(OC2OC(CO)C(O)C(O)C2O)C(O)C1O)C(O)CCCCCCCCC. The molecule has 0 aliphatic carbocycles. The van der Waals surface area contributed by atoms with Gasteiger partial charge < -0.3 is 65.1 Å². The summed E-state index contributed by atoms with van der Waals surface area (Å²) in [6.07, 6.45) is 26.8. The number of nitrogens with one attached hydrogen (secondary N) is 1. The van der Waals surface area contributed by atoms with Crippen molar-refractivity contribution >= 4 is 5.91 Å². The van der Waals surface area contributed by atoms with Crippen molar-refractivity contribution in [2.45, 2.75) is 229 Å². The molecule has 0 aromatic heterocycles. The molecule has 9 N–H and O–H groups in total. The molecule has 1 amide bonds. The number of amides is 1. The summed E-state index contributed by atoms with van der Waals surface area (Å²) in [5, 5.41) is 86.5. The van der Waals surface area contributed by atoms with Gasteiger partial charge in [-0.1, -0.05) is 152 Å². The van der Waals surface area contributed by atoms with Crippen LogP contribution in [0.4, 0.5) is 0 Å². The predicted octanol–water partition coefficient (Wildman–Crippen LogP) is 5.88. The van der Waals surface area contributed by atoms with Crippen LogP contribution in [0.25, 0.3) is 0 Å². The van der Waals surface area contributed by atoms with E-state index in [1.807, 2.05) is 0 Å². The Bertz CT molecular complexity index is 1310. The van der Waals surface area contributed by atoms with Crippen LogP contribution in [0.2, 0.25) is 0 Å². The Kier molecular flexibility index (Phi) is 33.2. The van der Waals surface area contributed by atoms with Crippen LogP contribution in [-0.4, -0.2) is 140 Å². The fourth-order valence-corrected chi connectivity index (χ4v) is 7.73. The highest BCUT2D eigenvalue weighted by atomic mass is 16.7. The molecule has 370 valence electrons. The van der Waals surface area contributed by atoms with Gasteiger partial charge in [0.15, 0.2) is 12.6 Å². The highest BCUT2D eigenvalue weighted by molar-refractivity contribution is 5.76. The molecule has 2 rings (SSSR count). The van der Waals surface area contributed by atoms with Crippen molar-refractivity contribution in [3.63, 3.8) is 0 Å². The van der Waals surface area contributed by atoms with E-state index in [1.165, 1.54) is 19.3 Å². The predicted molar refractivity (Wildman–Crippen MR) is 249 cm³/mol. The molecule has 2 aliphatic heterocycles. The number of hydrogen-bond donors (Lipinski definition) is 9. The van der Waals surface area contributed by atoms with Crippen LogP contribution in [0.5, 0.6) is 0 Å². The molecule has 0 aromatic carbocycles. The van der Waals surface area contributed by atoms with Crippen molar-refractivity contribution in [3.8, 4) is 0 Å². The second-order valence-corrected chi connectivity index (χ2v) is 17.2. The summed E-state index contributed by atoms with van der Waals surface area (Å²) in [5.41, 5.74) is 0. The van der Waals surface area contributed by atoms with Crippen LogP contribution in [0.3, 0.4) is 0 Å². The molecular weight excluding hydrogens is 823 g/mol. The molecule has 2 saturated heterocycles. The summed E-state index contributed by atoms with van der Waals surface area (Å²) in [6.45, 7) is 2.65. The molecular formula is C50H87NO13. The van der Waals surface area contributed by atoms with Gasteiger partial charge in [-0.25, -0.2) is 0 Å². The van der Waals surface area contributed by atoms with Gasteiger partial charge in [0.25, 0.3) is 0 Å². The Balaban J connectivity index is 1.75. The number of allylic oxidation sites excluding steroid dienone is 10. The average molecular weight is 910 g/mol. The van der Waals surface area contributed by atoms with Gasteiger partial charge in [0, 0.05) is 6.42 Å². The van der Waals surface area contributed by atoms with E-state index in [2.05, 4.69) is 79.9 Å². The lowest BCUT2D eigenvalue weighted by Crippen LogP contribution is -2.65. The lowest BCUT2D eigenvalue weighted by Gasteiger charge is -2.46. The number of hydrogen-bond acceptors (Lipinski definition) is 13. The second-order valence-electron chi connectivity index (χ2n) is 17.2. The first-order valence-corrected chi connectivity index (χ1v) is 24.5. The van der Waals surface area contributed by atoms with Crippen LogP contribution in [0.1, 0.15) is 155 Å². The van der Waals surface area contributed by atoms with Gasteiger partial charge in [0.2, 0.25) is 5.91 Å². The first kappa shape index (κ1) is 57.8. The van der Waals surface area contributed by atoms with Crippen molar-refractivity contribution < 1.29 is 64.6 Å². The third-order valence-corrected chi connectivity index (χ3v) is 11.7. The van der Waals surface area contributed by atoms with Gasteiger partial charge in [-0.2, -0.15) is 0 Å². The van der Waals surface area contributed by atoms with Crippen LogP contribution >= 0.6 is 0 Å². The topological polar surface area (TPSA) is 228 Å². The standard InChI is InChI=1S/C50H87NO13/c1-3-5-7-9-11-12-13-14-15-16-17-18-19-20-21-22-23-24-25-26-28-30-32-34-42(55)51-38(39(54)33-31-29-27-10-8-6-4-2)37-61-49-47(60)45(58)48(41(36-53)63-49)64-50-46(59)44(57)43(56)40(35-52)62-50/h5,7,11-12,14-15,17-18,20-21,38-41,43-50,52-54,56-60H,3-4,6,8-10,13,16,19,22-37H2,1-2H3,(H,51,55)/b7-5-,12-11-,15-14-,18-17-,21-20-. The summed E-state index contributed by atoms with van der Waals surface area (Å²) in [5.74, 6) is -0.226. The molecule has 0 saturated carbocycles. The van der Waals surface area contributed by atoms with Gasteiger partial charge in [0.05, 0.1) is 32.0 Å². The number of unbranched alkanes of at least 4 members (excludes halogenated alkanes) is 13. The van der Waals surface area contributed by atoms with Gasteiger partial charge in [-0.05, 0) is 57.8 Å². The van der Waals surface area contributed by atoms with Crippen molar-refractivity contribution in [2.75, 3.05) is 19.8 Å². The van der Waals surface area contributed by atoms with E-state index >= 15 is 0 Å². The number of aliphatic hydroxyl groups is 8. The van der Waals surface area contributed by atoms with E-state index in [0.29, 0.717) is 12.8 Å². The highest BCUT2D eigenvalue weighted by Gasteiger charge is 2.51. The number of carbonyl (C=O) groups is 1. The minimum Gasteiger partial charge on any atom is -0.394 e. The zero-order valence-corrected chi connectivity index (χ0v) is 39.0. The monoisotopic (exact) mass is 910 g/mol. The molecule has 0 radical (unpaired) electrons. The quantitative estimate of drug-likeness (QED) is 0.0265. The largest absolute Gasteiger partial charge is 0.394 e. The average Bonchev–Trinajstić information content (AvgIpc) is 3.29. The van der Waals surface area contributed by atoms with Gasteiger partial charge in [0.1, 0.15) is 48.8 Å². The first-order valence-electron chi connectivity index (χ1n) is 24.5. The van der Waals surface area contributed by atoms with Gasteiger partial charge in [-0.15, -0.1) is 0 Å². The number of ether oxygens (including phenoxy) is 4. The van der Waals surface area contributed by atoms with E-state index in [1.54, 1.807) is 0 Å². The Morgan fingerprint density at radius 3 is 1.66 bits per heavy atom. The Hall–Kier alpha value is -2.31. The molecule has 0 spiro atoms. The molecule has 12 atom stereocenters. The summed E-state index contributed by atoms with van der Waals surface area (Å²) >= 11 is 0. The van der Waals surface area contributed by atoms with E-state index in [-0.39, 0.29) is 18.9 Å². The van der Waals surface area contributed by atoms with Crippen molar-refractivity contribution in [1.82, 2.24) is 5.32 Å². The molecule has 14 nitrogen and oxygen atoms in total. The molecule has 0 aromatic rings. The normalized spacial score (nSPS) is 27.8. The lowest BCUT2D eigenvalue weighted by atomic mass is 9.97. The maximum Gasteiger partial charge on any atom is 0.220 e. The summed E-state index contributed by atoms with van der Waals surface area (Å²) in [7, 11) is 0. The van der Waals surface area contributed by atoms with Crippen LogP contribution < -0.4 is 5.32 Å². The summed E-state index contributed by atoms with van der Waals surface area (Å²) < 4.78 is 22.6. The van der Waals surface area contributed by atoms with E-state index in [4.69, 9.17) is 18.9 Å². The molecule has 14 heteroatoms. The second kappa shape index (κ2) is 36.8. The highest BCUT2D eigenvalue weighted by Crippen LogP contribution is 2.30. The summed E-state index contributed by atoms with van der Waals surface area (Å²) in [4.78, 5) is 13.1. The third kappa shape index (κ3) is 23.9. The molecule has 2 heterocycles. The fourth-order valence-electron chi connectivity index (χ4n) is 7.73. The minimum absolute atomic E-state index is 0.226. The van der Waals surface area contributed by atoms with Crippen LogP contribution in [-0.2, 0) is 23.7 Å². The van der Waals surface area contributed by atoms with E-state index < -0.39 is 86.8 Å². The van der Waals surface area contributed by atoms with Crippen molar-refractivity contribution in [1.29, 1.82) is 0 Å². The smallest absolute Gasteiger partial charge is 0.220 e. The van der Waals surface area contributed by atoms with Crippen molar-refractivity contribution in [3.05, 3.63) is 60.8 Å². The van der Waals surface area contributed by atoms with Crippen molar-refractivity contribution in [2.24, 2.45) is 0 Å². The maximum absolute atomic E-state index is 13.1. The lowest BCUT2D eigenvalue weighted by molar-refractivity contribution is -0.359. The first-order chi connectivity index (χ1) is 31.1. The Labute approximate surface area is 384 Å². The number of aliphatic hydroxyl groups excluding tert-OH is 8. The van der Waals surface area contributed by atoms with E-state index in [0.717, 1.165) is 103 Å². The zero-order chi connectivity index (χ0) is 46.8. The third-order valence-electron chi connectivity index (χ3n) is 11.7. The van der Waals surface area contributed by atoms with Gasteiger partial charge >= 0.3 is 0 Å². The molecule has 64 heavy (non-hydrogen) atoms. The Morgan fingerprint density at radius 2 is 1.08 bits per heavy atom. The minimum atomic E-state index is -1.78. The molecule has 2 aliphatic rings. The number of rotatable bonds is 36. The van der Waals surface area contributed by atoms with E-state index in [9.17, 15) is 45.6 Å². The van der Waals surface area contributed by atoms with Crippen LogP contribution in [0.15, 0.2) is 60.8 Å². The Morgan fingerprint density at radius 1 is 0.578 bits per heavy atom. The van der Waals surface area contributed by atoms with Crippen LogP contribution in [0, 0.1) is 0 Å². The molecule has 2 fully saturated rings. The molecule has 0 bridgehead atoms. The van der Waals surface area contributed by atoms with Gasteiger partial charge in [-0.3, -0.25) is 4.79 Å². The maximum atomic E-state index is 13.1.